The molecule has 0 radical (unpaired) electrons. The smallest absolute Gasteiger partial charge is 0.309 e. The van der Waals surface area contributed by atoms with E-state index < -0.39 is 35.6 Å². The number of ether oxygens (including phenoxy) is 1. The van der Waals surface area contributed by atoms with Crippen LogP contribution in [0.15, 0.2) is 23.9 Å². The number of aliphatic hydroxyl groups excluding tert-OH is 3. The van der Waals surface area contributed by atoms with Crippen molar-refractivity contribution in [2.75, 3.05) is 0 Å². The minimum absolute atomic E-state index is 0.0341. The normalized spacial score (nSPS) is 36.0. The van der Waals surface area contributed by atoms with Crippen LogP contribution >= 0.6 is 0 Å². The molecule has 1 saturated heterocycles. The molecule has 2 aliphatic rings. The van der Waals surface area contributed by atoms with Crippen LogP contribution in [0, 0.1) is 28.6 Å². The van der Waals surface area contributed by atoms with Gasteiger partial charge >= 0.3 is 5.97 Å². The summed E-state index contributed by atoms with van der Waals surface area (Å²) < 4.78 is 5.94. The lowest BCUT2D eigenvalue weighted by atomic mass is 9.73. The second-order valence-corrected chi connectivity index (χ2v) is 12.4. The predicted octanol–water partition coefficient (Wildman–Crippen LogP) is 4.47. The Hall–Kier alpha value is -2.09. The Morgan fingerprint density at radius 3 is 2.51 bits per heavy atom. The average Bonchev–Trinajstić information content (AvgIpc) is 3.50. The first-order valence-electron chi connectivity index (χ1n) is 13.6. The first kappa shape index (κ1) is 29.5. The molecule has 206 valence electrons. The van der Waals surface area contributed by atoms with Crippen molar-refractivity contribution in [3.63, 3.8) is 0 Å². The fourth-order valence-electron chi connectivity index (χ4n) is 5.72. The van der Waals surface area contributed by atoms with Crippen LogP contribution in [0.5, 0.6) is 0 Å². The third-order valence-electron chi connectivity index (χ3n) is 8.97. The number of rotatable bonds is 3. The van der Waals surface area contributed by atoms with Crippen molar-refractivity contribution in [1.29, 1.82) is 0 Å². The summed E-state index contributed by atoms with van der Waals surface area (Å²) in [6, 6.07) is 3.63. The lowest BCUT2D eigenvalue weighted by Crippen LogP contribution is -2.45. The Balaban J connectivity index is 1.86. The molecule has 1 saturated carbocycles. The molecule has 2 fully saturated rings. The third-order valence-corrected chi connectivity index (χ3v) is 8.97. The average molecular weight is 516 g/mol. The second kappa shape index (κ2) is 11.7. The summed E-state index contributed by atoms with van der Waals surface area (Å²) in [5, 5.41) is 31.1. The summed E-state index contributed by atoms with van der Waals surface area (Å²) in [4.78, 5) is 30.7. The lowest BCUT2D eigenvalue weighted by molar-refractivity contribution is -0.154. The van der Waals surface area contributed by atoms with Gasteiger partial charge in [0.25, 0.3) is 0 Å². The summed E-state index contributed by atoms with van der Waals surface area (Å²) in [6.45, 7) is 11.1. The van der Waals surface area contributed by atoms with Crippen LogP contribution in [0.3, 0.4) is 0 Å². The maximum absolute atomic E-state index is 13.3. The van der Waals surface area contributed by atoms with Gasteiger partial charge in [-0.2, -0.15) is 0 Å². The van der Waals surface area contributed by atoms with Gasteiger partial charge in [0.15, 0.2) is 0 Å². The standard InChI is InChI=1S/C30H45NO6/c1-18-8-7-11-30(6)15-22(30)13-24(19(2)12-23-10-9-21(17-32)16-31-23)37-26(34)14-25(33)29(4,5)28(36)20(3)27(18)35/h9-10,12,16,18,20,22,24-25,27,32-33,35H,7-8,11,13-15,17H2,1-6H3/t18-,20+,22+,24-,25-,27-,30+/m0/s1. The van der Waals surface area contributed by atoms with E-state index in [4.69, 9.17) is 4.74 Å². The van der Waals surface area contributed by atoms with E-state index in [9.17, 15) is 24.9 Å². The zero-order valence-corrected chi connectivity index (χ0v) is 23.2. The van der Waals surface area contributed by atoms with Crippen LogP contribution in [0.2, 0.25) is 0 Å². The van der Waals surface area contributed by atoms with E-state index in [1.807, 2.05) is 32.1 Å². The highest BCUT2D eigenvalue weighted by Crippen LogP contribution is 2.58. The van der Waals surface area contributed by atoms with Gasteiger partial charge in [0, 0.05) is 12.1 Å². The van der Waals surface area contributed by atoms with E-state index in [0.29, 0.717) is 18.0 Å². The number of cyclic esters (lactones) is 1. The number of aromatic nitrogens is 1. The number of fused-ring (bicyclic) bond motifs is 1. The van der Waals surface area contributed by atoms with Crippen molar-refractivity contribution in [1.82, 2.24) is 4.98 Å². The molecular weight excluding hydrogens is 470 g/mol. The Kier molecular flexibility index (Phi) is 9.36. The fraction of sp³-hybridized carbons (Fsp3) is 0.700. The molecule has 2 heterocycles. The largest absolute Gasteiger partial charge is 0.458 e. The van der Waals surface area contributed by atoms with E-state index in [-0.39, 0.29) is 30.1 Å². The summed E-state index contributed by atoms with van der Waals surface area (Å²) >= 11 is 0. The number of aliphatic hydroxyl groups is 3. The molecule has 37 heavy (non-hydrogen) atoms. The third kappa shape index (κ3) is 7.06. The molecule has 0 bridgehead atoms. The van der Waals surface area contributed by atoms with Gasteiger partial charge in [-0.3, -0.25) is 14.6 Å². The van der Waals surface area contributed by atoms with E-state index in [1.54, 1.807) is 27.0 Å². The van der Waals surface area contributed by atoms with E-state index in [2.05, 4.69) is 11.9 Å². The van der Waals surface area contributed by atoms with E-state index >= 15 is 0 Å². The highest BCUT2D eigenvalue weighted by molar-refractivity contribution is 5.88. The van der Waals surface area contributed by atoms with E-state index in [0.717, 1.165) is 36.8 Å². The van der Waals surface area contributed by atoms with Gasteiger partial charge < -0.3 is 20.1 Å². The monoisotopic (exact) mass is 515 g/mol. The topological polar surface area (TPSA) is 117 Å². The number of hydrogen-bond acceptors (Lipinski definition) is 7. The molecule has 0 unspecified atom stereocenters. The van der Waals surface area contributed by atoms with Gasteiger partial charge in [-0.05, 0) is 73.1 Å². The molecule has 7 heteroatoms. The first-order chi connectivity index (χ1) is 17.3. The number of carbonyl (C=O) groups is 2. The van der Waals surface area contributed by atoms with Crippen LogP contribution in [0.1, 0.15) is 91.3 Å². The lowest BCUT2D eigenvalue weighted by Gasteiger charge is -2.34. The van der Waals surface area contributed by atoms with Crippen molar-refractivity contribution in [3.05, 3.63) is 35.2 Å². The predicted molar refractivity (Wildman–Crippen MR) is 142 cm³/mol. The van der Waals surface area contributed by atoms with Crippen LogP contribution in [0.25, 0.3) is 6.08 Å². The highest BCUT2D eigenvalue weighted by Gasteiger charge is 2.50. The van der Waals surface area contributed by atoms with Gasteiger partial charge in [-0.1, -0.05) is 47.1 Å². The molecule has 7 nitrogen and oxygen atoms in total. The van der Waals surface area contributed by atoms with Gasteiger partial charge in [0.05, 0.1) is 36.3 Å². The minimum atomic E-state index is -1.23. The van der Waals surface area contributed by atoms with E-state index in [1.165, 1.54) is 0 Å². The summed E-state index contributed by atoms with van der Waals surface area (Å²) in [5.41, 5.74) is 1.26. The molecule has 1 aromatic rings. The van der Waals surface area contributed by atoms with Crippen molar-refractivity contribution in [3.8, 4) is 0 Å². The Labute approximate surface area is 221 Å². The van der Waals surface area contributed by atoms with Gasteiger partial charge in [-0.25, -0.2) is 0 Å². The Morgan fingerprint density at radius 2 is 1.89 bits per heavy atom. The molecule has 3 N–H and O–H groups in total. The number of esters is 1. The molecule has 0 aromatic carbocycles. The Morgan fingerprint density at radius 1 is 1.19 bits per heavy atom. The molecular formula is C30H45NO6. The van der Waals surface area contributed by atoms with Crippen LogP contribution < -0.4 is 0 Å². The highest BCUT2D eigenvalue weighted by atomic mass is 16.5. The number of carbonyl (C=O) groups excluding carboxylic acids is 2. The van der Waals surface area contributed by atoms with Gasteiger partial charge in [-0.15, -0.1) is 0 Å². The van der Waals surface area contributed by atoms with Crippen LogP contribution in [0.4, 0.5) is 0 Å². The molecule has 1 aliphatic heterocycles. The zero-order chi connectivity index (χ0) is 27.5. The molecule has 1 aliphatic carbocycles. The number of ketones is 1. The molecule has 7 atom stereocenters. The number of pyridine rings is 1. The molecule has 1 aromatic heterocycles. The number of nitrogens with zero attached hydrogens (tertiary/aromatic N) is 1. The van der Waals surface area contributed by atoms with Crippen molar-refractivity contribution >= 4 is 17.8 Å². The summed E-state index contributed by atoms with van der Waals surface area (Å²) in [7, 11) is 0. The van der Waals surface area contributed by atoms with Crippen molar-refractivity contribution in [2.45, 2.75) is 105 Å². The van der Waals surface area contributed by atoms with Crippen LogP contribution in [-0.4, -0.2) is 50.4 Å². The quantitative estimate of drug-likeness (QED) is 0.509. The minimum Gasteiger partial charge on any atom is -0.458 e. The number of Topliss-reactive ketones (excluding diaryl/α,β-unsaturated/α-hetero) is 1. The number of hydrogen-bond donors (Lipinski definition) is 3. The zero-order valence-electron chi connectivity index (χ0n) is 23.2. The summed E-state index contributed by atoms with van der Waals surface area (Å²) in [6.07, 6.45) is 5.29. The van der Waals surface area contributed by atoms with Crippen molar-refractivity contribution < 1.29 is 29.6 Å². The Bertz CT molecular complexity index is 986. The SMILES string of the molecule is CC(=Cc1ccc(CO)cn1)[C@@H]1C[C@@H]2C[C@@]2(C)CCC[C@H](C)[C@H](O)[C@@H](C)C(=O)C(C)(C)[C@@H](O)CC(=O)O1. The van der Waals surface area contributed by atoms with Gasteiger partial charge in [0.2, 0.25) is 0 Å². The fourth-order valence-corrected chi connectivity index (χ4v) is 5.72. The maximum atomic E-state index is 13.3. The molecule has 0 spiro atoms. The second-order valence-electron chi connectivity index (χ2n) is 12.4. The maximum Gasteiger partial charge on any atom is 0.309 e. The van der Waals surface area contributed by atoms with Crippen molar-refractivity contribution in [2.24, 2.45) is 28.6 Å². The summed E-state index contributed by atoms with van der Waals surface area (Å²) in [5.74, 6) is -1.07. The van der Waals surface area contributed by atoms with Crippen LogP contribution in [-0.2, 0) is 20.9 Å². The first-order valence-corrected chi connectivity index (χ1v) is 13.6. The molecule has 0 amide bonds. The molecule has 3 rings (SSSR count). The van der Waals surface area contributed by atoms with Gasteiger partial charge in [0.1, 0.15) is 11.9 Å².